The number of piperazine rings is 1. The van der Waals surface area contributed by atoms with Gasteiger partial charge in [0.25, 0.3) is 0 Å². The first-order valence-corrected chi connectivity index (χ1v) is 11.5. The smallest absolute Gasteiger partial charge is 0.236 e. The fraction of sp³-hybridized carbons (Fsp3) is 0.652. The van der Waals surface area contributed by atoms with E-state index in [2.05, 4.69) is 26.9 Å². The predicted molar refractivity (Wildman–Crippen MR) is 136 cm³/mol. The first kappa shape index (κ1) is 25.7. The van der Waals surface area contributed by atoms with Gasteiger partial charge in [0, 0.05) is 52.4 Å². The molecule has 0 aromatic heterocycles. The zero-order valence-electron chi connectivity index (χ0n) is 18.8. The third-order valence-electron chi connectivity index (χ3n) is 5.90. The summed E-state index contributed by atoms with van der Waals surface area (Å²) in [4.78, 5) is 24.1. The van der Waals surface area contributed by atoms with E-state index < -0.39 is 0 Å². The van der Waals surface area contributed by atoms with Gasteiger partial charge in [-0.3, -0.25) is 14.7 Å². The van der Waals surface area contributed by atoms with Crippen LogP contribution in [0.25, 0.3) is 0 Å². The summed E-state index contributed by atoms with van der Waals surface area (Å²) in [6.07, 6.45) is 5.59. The van der Waals surface area contributed by atoms with Crippen molar-refractivity contribution in [2.75, 3.05) is 58.9 Å². The minimum absolute atomic E-state index is 0. The molecule has 0 saturated carbocycles. The second-order valence-electron chi connectivity index (χ2n) is 8.21. The quantitative estimate of drug-likeness (QED) is 0.328. The lowest BCUT2D eigenvalue weighted by atomic mass is 10.1. The number of phenolic OH excluding ortho intramolecular Hbond substituents is 1. The van der Waals surface area contributed by atoms with E-state index in [0.29, 0.717) is 18.8 Å². The normalized spacial score (nSPS) is 18.3. The standard InChI is InChI=1S/C23H37N5O2.HI/c1-2-24-23(25-11-10-20-8-7-9-21(29)18-20)28-16-14-26(15-17-28)19-22(30)27-12-5-3-4-6-13-27;/h7-9,18,29H,2-6,10-17,19H2,1H3,(H,24,25);1H. The highest BCUT2D eigenvalue weighted by Gasteiger charge is 2.23. The minimum atomic E-state index is 0. The highest BCUT2D eigenvalue weighted by Crippen LogP contribution is 2.12. The highest BCUT2D eigenvalue weighted by molar-refractivity contribution is 14.0. The Labute approximate surface area is 203 Å². The summed E-state index contributed by atoms with van der Waals surface area (Å²) in [5.74, 6) is 1.53. The Balaban J connectivity index is 0.00000341. The summed E-state index contributed by atoms with van der Waals surface area (Å²) >= 11 is 0. The van der Waals surface area contributed by atoms with Crippen LogP contribution < -0.4 is 5.32 Å². The van der Waals surface area contributed by atoms with Gasteiger partial charge in [-0.2, -0.15) is 0 Å². The number of carbonyl (C=O) groups is 1. The van der Waals surface area contributed by atoms with Crippen LogP contribution >= 0.6 is 24.0 Å². The van der Waals surface area contributed by atoms with E-state index in [1.165, 1.54) is 12.8 Å². The summed E-state index contributed by atoms with van der Waals surface area (Å²) in [7, 11) is 0. The summed E-state index contributed by atoms with van der Waals surface area (Å²) in [5, 5.41) is 13.0. The number of halogens is 1. The number of likely N-dealkylation sites (tertiary alicyclic amines) is 1. The average Bonchev–Trinajstić information content (AvgIpc) is 3.04. The Hall–Kier alpha value is -1.55. The third kappa shape index (κ3) is 8.48. The average molecular weight is 543 g/mol. The summed E-state index contributed by atoms with van der Waals surface area (Å²) in [5.41, 5.74) is 1.09. The van der Waals surface area contributed by atoms with Gasteiger partial charge in [0.05, 0.1) is 6.54 Å². The van der Waals surface area contributed by atoms with Crippen molar-refractivity contribution in [1.29, 1.82) is 0 Å². The molecule has 1 aromatic carbocycles. The molecule has 0 unspecified atom stereocenters. The lowest BCUT2D eigenvalue weighted by Gasteiger charge is -2.37. The van der Waals surface area contributed by atoms with Crippen molar-refractivity contribution in [3.63, 3.8) is 0 Å². The van der Waals surface area contributed by atoms with Crippen LogP contribution in [0.15, 0.2) is 29.3 Å². The van der Waals surface area contributed by atoms with Crippen molar-refractivity contribution in [3.8, 4) is 5.75 Å². The summed E-state index contributed by atoms with van der Waals surface area (Å²) in [6.45, 7) is 9.52. The minimum Gasteiger partial charge on any atom is -0.508 e. The van der Waals surface area contributed by atoms with Crippen LogP contribution in [-0.4, -0.2) is 90.6 Å². The Morgan fingerprint density at radius 1 is 1.03 bits per heavy atom. The summed E-state index contributed by atoms with van der Waals surface area (Å²) < 4.78 is 0. The number of hydrogen-bond donors (Lipinski definition) is 2. The number of guanidine groups is 1. The van der Waals surface area contributed by atoms with E-state index in [1.54, 1.807) is 12.1 Å². The number of aliphatic imine (C=N–C) groups is 1. The molecule has 31 heavy (non-hydrogen) atoms. The number of hydrogen-bond acceptors (Lipinski definition) is 4. The molecule has 2 N–H and O–H groups in total. The van der Waals surface area contributed by atoms with Crippen LogP contribution in [0, 0.1) is 0 Å². The number of benzene rings is 1. The fourth-order valence-electron chi connectivity index (χ4n) is 4.16. The molecule has 8 heteroatoms. The van der Waals surface area contributed by atoms with Crippen molar-refractivity contribution in [2.24, 2.45) is 4.99 Å². The number of phenols is 1. The highest BCUT2D eigenvalue weighted by atomic mass is 127. The molecule has 0 spiro atoms. The van der Waals surface area contributed by atoms with Gasteiger partial charge in [-0.1, -0.05) is 25.0 Å². The Morgan fingerprint density at radius 2 is 1.74 bits per heavy atom. The van der Waals surface area contributed by atoms with Gasteiger partial charge in [-0.15, -0.1) is 24.0 Å². The molecule has 1 amide bonds. The first-order chi connectivity index (χ1) is 14.7. The van der Waals surface area contributed by atoms with Gasteiger partial charge in [0.15, 0.2) is 5.96 Å². The van der Waals surface area contributed by atoms with Crippen molar-refractivity contribution < 1.29 is 9.90 Å². The van der Waals surface area contributed by atoms with E-state index in [1.807, 2.05) is 12.1 Å². The van der Waals surface area contributed by atoms with Crippen LogP contribution in [0.5, 0.6) is 5.75 Å². The maximum Gasteiger partial charge on any atom is 0.236 e. The monoisotopic (exact) mass is 543 g/mol. The van der Waals surface area contributed by atoms with Crippen molar-refractivity contribution >= 4 is 35.8 Å². The second-order valence-corrected chi connectivity index (χ2v) is 8.21. The molecule has 0 aliphatic carbocycles. The SMILES string of the molecule is CCNC(=NCCc1cccc(O)c1)N1CCN(CC(=O)N2CCCCCC2)CC1.I. The lowest BCUT2D eigenvalue weighted by molar-refractivity contribution is -0.132. The van der Waals surface area contributed by atoms with Crippen molar-refractivity contribution in [3.05, 3.63) is 29.8 Å². The third-order valence-corrected chi connectivity index (χ3v) is 5.90. The first-order valence-electron chi connectivity index (χ1n) is 11.5. The van der Waals surface area contributed by atoms with E-state index in [0.717, 1.165) is 76.6 Å². The fourth-order valence-corrected chi connectivity index (χ4v) is 4.16. The van der Waals surface area contributed by atoms with E-state index >= 15 is 0 Å². The van der Waals surface area contributed by atoms with Crippen molar-refractivity contribution in [1.82, 2.24) is 20.0 Å². The molecule has 174 valence electrons. The molecule has 0 radical (unpaired) electrons. The number of aromatic hydroxyl groups is 1. The molecular formula is C23H38IN5O2. The molecule has 1 aromatic rings. The number of rotatable bonds is 6. The van der Waals surface area contributed by atoms with Gasteiger partial charge >= 0.3 is 0 Å². The molecule has 2 saturated heterocycles. The Kier molecular flexibility index (Phi) is 11.4. The molecule has 2 aliphatic heterocycles. The predicted octanol–water partition coefficient (Wildman–Crippen LogP) is 2.54. The Bertz CT molecular complexity index is 699. The maximum absolute atomic E-state index is 12.7. The molecule has 0 atom stereocenters. The van der Waals surface area contributed by atoms with Crippen LogP contribution in [0.2, 0.25) is 0 Å². The second kappa shape index (κ2) is 13.8. The van der Waals surface area contributed by atoms with E-state index in [4.69, 9.17) is 4.99 Å². The number of carbonyl (C=O) groups excluding carboxylic acids is 1. The van der Waals surface area contributed by atoms with Gasteiger partial charge < -0.3 is 20.2 Å². The molecule has 2 aliphatic rings. The van der Waals surface area contributed by atoms with Crippen LogP contribution in [0.4, 0.5) is 0 Å². The zero-order valence-corrected chi connectivity index (χ0v) is 21.1. The summed E-state index contributed by atoms with van der Waals surface area (Å²) in [6, 6.07) is 7.37. The molecule has 2 fully saturated rings. The number of nitrogens with one attached hydrogen (secondary N) is 1. The Morgan fingerprint density at radius 3 is 2.39 bits per heavy atom. The maximum atomic E-state index is 12.7. The van der Waals surface area contributed by atoms with Gasteiger partial charge in [0.2, 0.25) is 5.91 Å². The molecule has 7 nitrogen and oxygen atoms in total. The topological polar surface area (TPSA) is 71.4 Å². The number of nitrogens with zero attached hydrogens (tertiary/aromatic N) is 4. The largest absolute Gasteiger partial charge is 0.508 e. The van der Waals surface area contributed by atoms with Gasteiger partial charge in [-0.05, 0) is 43.9 Å². The van der Waals surface area contributed by atoms with Gasteiger partial charge in [-0.25, -0.2) is 0 Å². The molecular weight excluding hydrogens is 505 g/mol. The van der Waals surface area contributed by atoms with E-state index in [-0.39, 0.29) is 29.9 Å². The van der Waals surface area contributed by atoms with Crippen LogP contribution in [0.1, 0.15) is 38.2 Å². The van der Waals surface area contributed by atoms with E-state index in [9.17, 15) is 9.90 Å². The lowest BCUT2D eigenvalue weighted by Crippen LogP contribution is -2.54. The van der Waals surface area contributed by atoms with Gasteiger partial charge in [0.1, 0.15) is 5.75 Å². The number of amides is 1. The van der Waals surface area contributed by atoms with Crippen LogP contribution in [-0.2, 0) is 11.2 Å². The molecule has 2 heterocycles. The molecule has 0 bridgehead atoms. The van der Waals surface area contributed by atoms with Crippen molar-refractivity contribution in [2.45, 2.75) is 39.0 Å². The zero-order chi connectivity index (χ0) is 21.2. The van der Waals surface area contributed by atoms with Crippen LogP contribution in [0.3, 0.4) is 0 Å². The molecule has 3 rings (SSSR count).